The van der Waals surface area contributed by atoms with Crippen LogP contribution in [0.3, 0.4) is 0 Å². The Labute approximate surface area is 114 Å². The van der Waals surface area contributed by atoms with Crippen LogP contribution in [-0.4, -0.2) is 24.4 Å². The Morgan fingerprint density at radius 2 is 1.94 bits per heavy atom. The lowest BCUT2D eigenvalue weighted by Crippen LogP contribution is -2.33. The van der Waals surface area contributed by atoms with Gasteiger partial charge in [-0.1, -0.05) is 39.0 Å². The van der Waals surface area contributed by atoms with Crippen LogP contribution in [0.4, 0.5) is 5.13 Å². The first-order valence-electron chi connectivity index (χ1n) is 6.61. The number of carbonyl (C=O) groups excluding carboxylic acids is 1. The summed E-state index contributed by atoms with van der Waals surface area (Å²) in [5, 5.41) is 0.952. The summed E-state index contributed by atoms with van der Waals surface area (Å²) in [5.74, 6) is 0.906. The van der Waals surface area contributed by atoms with Crippen LogP contribution in [0.5, 0.6) is 0 Å². The predicted octanol–water partition coefficient (Wildman–Crippen LogP) is 3.95. The number of anilines is 1. The molecule has 0 saturated carbocycles. The van der Waals surface area contributed by atoms with E-state index in [0.717, 1.165) is 28.4 Å². The second kappa shape index (κ2) is 6.32. The highest BCUT2D eigenvalue weighted by atomic mass is 32.1. The maximum absolute atomic E-state index is 11.1. The fourth-order valence-electron chi connectivity index (χ4n) is 1.73. The Morgan fingerprint density at radius 3 is 2.39 bits per heavy atom. The van der Waals surface area contributed by atoms with Gasteiger partial charge in [0.1, 0.15) is 0 Å². The van der Waals surface area contributed by atoms with Crippen LogP contribution in [-0.2, 0) is 0 Å². The van der Waals surface area contributed by atoms with E-state index in [0.29, 0.717) is 17.9 Å². The minimum atomic E-state index is 0.345. The third-order valence-electron chi connectivity index (χ3n) is 3.73. The van der Waals surface area contributed by atoms with Gasteiger partial charge in [0.05, 0.1) is 10.6 Å². The van der Waals surface area contributed by atoms with Crippen molar-refractivity contribution in [3.05, 3.63) is 10.6 Å². The second-order valence-electron chi connectivity index (χ2n) is 5.27. The maximum Gasteiger partial charge on any atom is 0.186 e. The number of thiazole rings is 1. The summed E-state index contributed by atoms with van der Waals surface area (Å²) in [4.78, 5) is 18.8. The molecule has 0 aromatic carbocycles. The first-order valence-corrected chi connectivity index (χ1v) is 7.42. The van der Waals surface area contributed by atoms with Gasteiger partial charge in [0.2, 0.25) is 0 Å². The highest BCUT2D eigenvalue weighted by Gasteiger charge is 2.21. The molecule has 1 aromatic rings. The van der Waals surface area contributed by atoms with Crippen LogP contribution in [0.25, 0.3) is 0 Å². The van der Waals surface area contributed by atoms with Crippen molar-refractivity contribution in [1.82, 2.24) is 4.98 Å². The maximum atomic E-state index is 11.1. The van der Waals surface area contributed by atoms with E-state index < -0.39 is 0 Å². The van der Waals surface area contributed by atoms with Crippen molar-refractivity contribution in [2.75, 3.05) is 11.9 Å². The lowest BCUT2D eigenvalue weighted by Gasteiger charge is -2.27. The van der Waals surface area contributed by atoms with Crippen LogP contribution in [0.2, 0.25) is 0 Å². The molecule has 0 radical (unpaired) electrons. The van der Waals surface area contributed by atoms with Gasteiger partial charge in [-0.15, -0.1) is 0 Å². The van der Waals surface area contributed by atoms with Gasteiger partial charge in [-0.25, -0.2) is 4.98 Å². The summed E-state index contributed by atoms with van der Waals surface area (Å²) in [5.41, 5.74) is 0.954. The molecule has 1 aromatic heterocycles. The molecule has 0 aliphatic carbocycles. The molecule has 0 aliphatic heterocycles. The first kappa shape index (κ1) is 15.2. The van der Waals surface area contributed by atoms with Gasteiger partial charge in [0.15, 0.2) is 11.4 Å². The Kier molecular flexibility index (Phi) is 5.32. The predicted molar refractivity (Wildman–Crippen MR) is 78.9 cm³/mol. The molecule has 0 bridgehead atoms. The van der Waals surface area contributed by atoms with Crippen molar-refractivity contribution in [2.45, 2.75) is 53.0 Å². The van der Waals surface area contributed by atoms with Crippen LogP contribution >= 0.6 is 11.3 Å². The number of rotatable bonds is 6. The standard InChI is InChI=1S/C14H24N2OS/c1-7-10(4)13-12(8-17)18-14(15-13)16(6)11(5)9(2)3/h8-11H,7H2,1-6H3. The van der Waals surface area contributed by atoms with Crippen LogP contribution in [0.1, 0.15) is 62.3 Å². The van der Waals surface area contributed by atoms with Crippen molar-refractivity contribution >= 4 is 22.8 Å². The number of aldehydes is 1. The molecular weight excluding hydrogens is 244 g/mol. The fraction of sp³-hybridized carbons (Fsp3) is 0.714. The normalized spacial score (nSPS) is 14.6. The van der Waals surface area contributed by atoms with Gasteiger partial charge in [-0.05, 0) is 25.2 Å². The second-order valence-corrected chi connectivity index (χ2v) is 6.28. The molecule has 2 atom stereocenters. The molecule has 0 saturated heterocycles. The molecule has 0 N–H and O–H groups in total. The fourth-order valence-corrected chi connectivity index (χ4v) is 2.79. The van der Waals surface area contributed by atoms with Gasteiger partial charge >= 0.3 is 0 Å². The molecule has 3 nitrogen and oxygen atoms in total. The largest absolute Gasteiger partial charge is 0.348 e. The third-order valence-corrected chi connectivity index (χ3v) is 4.82. The van der Waals surface area contributed by atoms with Gasteiger partial charge in [0, 0.05) is 13.1 Å². The molecule has 0 fully saturated rings. The van der Waals surface area contributed by atoms with E-state index in [1.165, 1.54) is 11.3 Å². The number of carbonyl (C=O) groups is 1. The summed E-state index contributed by atoms with van der Waals surface area (Å²) >= 11 is 1.50. The van der Waals surface area contributed by atoms with Crippen LogP contribution < -0.4 is 4.90 Å². The molecular formula is C14H24N2OS. The summed E-state index contributed by atoms with van der Waals surface area (Å²) < 4.78 is 0. The van der Waals surface area contributed by atoms with Gasteiger partial charge in [-0.3, -0.25) is 4.79 Å². The highest BCUT2D eigenvalue weighted by molar-refractivity contribution is 7.17. The van der Waals surface area contributed by atoms with Crippen molar-refractivity contribution in [3.8, 4) is 0 Å². The van der Waals surface area contributed by atoms with Crippen LogP contribution in [0, 0.1) is 5.92 Å². The van der Waals surface area contributed by atoms with E-state index >= 15 is 0 Å². The molecule has 0 aliphatic rings. The van der Waals surface area contributed by atoms with E-state index in [1.54, 1.807) is 0 Å². The Hall–Kier alpha value is -0.900. The number of nitrogens with zero attached hydrogens (tertiary/aromatic N) is 2. The van der Waals surface area contributed by atoms with Crippen molar-refractivity contribution < 1.29 is 4.79 Å². The average molecular weight is 268 g/mol. The molecule has 0 spiro atoms. The molecule has 0 amide bonds. The van der Waals surface area contributed by atoms with Crippen molar-refractivity contribution in [1.29, 1.82) is 0 Å². The quantitative estimate of drug-likeness (QED) is 0.732. The number of hydrogen-bond acceptors (Lipinski definition) is 4. The van der Waals surface area contributed by atoms with E-state index in [1.807, 2.05) is 0 Å². The van der Waals surface area contributed by atoms with E-state index in [-0.39, 0.29) is 0 Å². The van der Waals surface area contributed by atoms with E-state index in [4.69, 9.17) is 0 Å². The molecule has 18 heavy (non-hydrogen) atoms. The minimum Gasteiger partial charge on any atom is -0.348 e. The zero-order valence-corrected chi connectivity index (χ0v) is 13.0. The summed E-state index contributed by atoms with van der Waals surface area (Å²) in [6, 6.07) is 0.417. The zero-order valence-electron chi connectivity index (χ0n) is 12.2. The van der Waals surface area contributed by atoms with E-state index in [9.17, 15) is 4.79 Å². The highest BCUT2D eigenvalue weighted by Crippen LogP contribution is 2.32. The molecule has 1 heterocycles. The van der Waals surface area contributed by atoms with E-state index in [2.05, 4.69) is 51.6 Å². The lowest BCUT2D eigenvalue weighted by molar-refractivity contribution is 0.112. The molecule has 102 valence electrons. The average Bonchev–Trinajstić information content (AvgIpc) is 2.79. The third kappa shape index (κ3) is 3.10. The van der Waals surface area contributed by atoms with Gasteiger partial charge in [0.25, 0.3) is 0 Å². The van der Waals surface area contributed by atoms with Gasteiger partial charge in [-0.2, -0.15) is 0 Å². The summed E-state index contributed by atoms with van der Waals surface area (Å²) in [7, 11) is 2.05. The minimum absolute atomic E-state index is 0.345. The summed E-state index contributed by atoms with van der Waals surface area (Å²) in [6.45, 7) is 10.8. The monoisotopic (exact) mass is 268 g/mol. The van der Waals surface area contributed by atoms with Crippen LogP contribution in [0.15, 0.2) is 0 Å². The van der Waals surface area contributed by atoms with Crippen molar-refractivity contribution in [2.24, 2.45) is 5.92 Å². The number of aromatic nitrogens is 1. The zero-order chi connectivity index (χ0) is 13.9. The smallest absolute Gasteiger partial charge is 0.186 e. The number of hydrogen-bond donors (Lipinski definition) is 0. The topological polar surface area (TPSA) is 33.2 Å². The lowest BCUT2D eigenvalue weighted by atomic mass is 10.0. The molecule has 4 heteroatoms. The Balaban J connectivity index is 3.04. The first-order chi connectivity index (χ1) is 8.42. The SMILES string of the molecule is CCC(C)c1nc(N(C)C(C)C(C)C)sc1C=O. The summed E-state index contributed by atoms with van der Waals surface area (Å²) in [6.07, 6.45) is 1.95. The molecule has 2 unspecified atom stereocenters. The Morgan fingerprint density at radius 1 is 1.33 bits per heavy atom. The molecule has 1 rings (SSSR count). The van der Waals surface area contributed by atoms with Crippen molar-refractivity contribution in [3.63, 3.8) is 0 Å². The van der Waals surface area contributed by atoms with Gasteiger partial charge < -0.3 is 4.90 Å². The Bertz CT molecular complexity index is 400.